The van der Waals surface area contributed by atoms with Crippen LogP contribution in [0.2, 0.25) is 0 Å². The topological polar surface area (TPSA) is 41.6 Å². The first-order valence-corrected chi connectivity index (χ1v) is 6.85. The Morgan fingerprint density at radius 1 is 1.47 bits per heavy atom. The number of piperidine rings is 1. The second-order valence-electron chi connectivity index (χ2n) is 5.26. The number of carbonyl (C=O) groups excluding carboxylic acids is 1. The standard InChI is InChI=1S/C13H24N2O2/c1-3-12-9-15(8-10(2)17-12)13(16)11-5-4-6-14-7-11/h10-12,14H,3-9H2,1-2H3. The zero-order chi connectivity index (χ0) is 12.3. The summed E-state index contributed by atoms with van der Waals surface area (Å²) in [4.78, 5) is 14.4. The summed E-state index contributed by atoms with van der Waals surface area (Å²) < 4.78 is 5.79. The van der Waals surface area contributed by atoms with Gasteiger partial charge in [-0.2, -0.15) is 0 Å². The fraction of sp³-hybridized carbons (Fsp3) is 0.923. The second kappa shape index (κ2) is 5.83. The molecule has 3 atom stereocenters. The monoisotopic (exact) mass is 240 g/mol. The second-order valence-corrected chi connectivity index (χ2v) is 5.26. The van der Waals surface area contributed by atoms with Crippen LogP contribution in [0.1, 0.15) is 33.1 Å². The van der Waals surface area contributed by atoms with Gasteiger partial charge in [-0.1, -0.05) is 6.92 Å². The van der Waals surface area contributed by atoms with E-state index < -0.39 is 0 Å². The van der Waals surface area contributed by atoms with Crippen LogP contribution in [0.5, 0.6) is 0 Å². The smallest absolute Gasteiger partial charge is 0.227 e. The Balaban J connectivity index is 1.93. The predicted molar refractivity (Wildman–Crippen MR) is 66.8 cm³/mol. The van der Waals surface area contributed by atoms with E-state index in [0.29, 0.717) is 5.91 Å². The number of carbonyl (C=O) groups is 1. The van der Waals surface area contributed by atoms with Crippen molar-refractivity contribution in [2.45, 2.75) is 45.3 Å². The van der Waals surface area contributed by atoms with Crippen molar-refractivity contribution in [2.75, 3.05) is 26.2 Å². The summed E-state index contributed by atoms with van der Waals surface area (Å²) in [5, 5.41) is 3.31. The number of amides is 1. The average molecular weight is 240 g/mol. The molecule has 17 heavy (non-hydrogen) atoms. The van der Waals surface area contributed by atoms with E-state index in [4.69, 9.17) is 4.74 Å². The number of ether oxygens (including phenoxy) is 1. The molecule has 2 aliphatic rings. The number of morpholine rings is 1. The molecule has 0 radical (unpaired) electrons. The first kappa shape index (κ1) is 12.8. The Labute approximate surface area is 104 Å². The maximum absolute atomic E-state index is 12.4. The molecule has 4 heteroatoms. The number of nitrogens with zero attached hydrogens (tertiary/aromatic N) is 1. The Kier molecular flexibility index (Phi) is 4.40. The normalized spacial score (nSPS) is 34.7. The highest BCUT2D eigenvalue weighted by Gasteiger charge is 2.31. The molecule has 0 spiro atoms. The van der Waals surface area contributed by atoms with Crippen LogP contribution in [0.15, 0.2) is 0 Å². The summed E-state index contributed by atoms with van der Waals surface area (Å²) in [5.74, 6) is 0.511. The first-order valence-electron chi connectivity index (χ1n) is 6.85. The minimum absolute atomic E-state index is 0.175. The van der Waals surface area contributed by atoms with Gasteiger partial charge in [-0.3, -0.25) is 4.79 Å². The molecule has 0 saturated carbocycles. The molecular weight excluding hydrogens is 216 g/mol. The lowest BCUT2D eigenvalue weighted by molar-refractivity contribution is -0.149. The van der Waals surface area contributed by atoms with E-state index in [-0.39, 0.29) is 18.1 Å². The van der Waals surface area contributed by atoms with Crippen molar-refractivity contribution < 1.29 is 9.53 Å². The lowest BCUT2D eigenvalue weighted by atomic mass is 9.97. The molecule has 1 N–H and O–H groups in total. The molecule has 1 amide bonds. The molecule has 0 aromatic carbocycles. The Bertz CT molecular complexity index is 264. The van der Waals surface area contributed by atoms with Crippen molar-refractivity contribution in [1.29, 1.82) is 0 Å². The predicted octanol–water partition coefficient (Wildman–Crippen LogP) is 1.01. The van der Waals surface area contributed by atoms with Gasteiger partial charge in [0.05, 0.1) is 18.1 Å². The summed E-state index contributed by atoms with van der Waals surface area (Å²) in [5.41, 5.74) is 0. The van der Waals surface area contributed by atoms with Crippen LogP contribution in [-0.2, 0) is 9.53 Å². The Hall–Kier alpha value is -0.610. The molecule has 98 valence electrons. The van der Waals surface area contributed by atoms with Gasteiger partial charge in [0.25, 0.3) is 0 Å². The molecule has 0 aromatic heterocycles. The van der Waals surface area contributed by atoms with E-state index in [1.807, 2.05) is 4.90 Å². The van der Waals surface area contributed by atoms with E-state index in [0.717, 1.165) is 45.4 Å². The third-order valence-electron chi connectivity index (χ3n) is 3.74. The summed E-state index contributed by atoms with van der Waals surface area (Å²) in [7, 11) is 0. The van der Waals surface area contributed by atoms with E-state index in [9.17, 15) is 4.79 Å². The number of rotatable bonds is 2. The summed E-state index contributed by atoms with van der Waals surface area (Å²) in [6.45, 7) is 7.61. The SMILES string of the molecule is CCC1CN(C(=O)C2CCCNC2)CC(C)O1. The third-order valence-corrected chi connectivity index (χ3v) is 3.74. The largest absolute Gasteiger partial charge is 0.372 e. The minimum Gasteiger partial charge on any atom is -0.372 e. The van der Waals surface area contributed by atoms with Crippen molar-refractivity contribution >= 4 is 5.91 Å². The van der Waals surface area contributed by atoms with Crippen LogP contribution in [-0.4, -0.2) is 49.2 Å². The van der Waals surface area contributed by atoms with Crippen LogP contribution < -0.4 is 5.32 Å². The molecule has 0 bridgehead atoms. The van der Waals surface area contributed by atoms with Gasteiger partial charge in [0.1, 0.15) is 0 Å². The quantitative estimate of drug-likeness (QED) is 0.783. The molecule has 4 nitrogen and oxygen atoms in total. The van der Waals surface area contributed by atoms with Crippen LogP contribution >= 0.6 is 0 Å². The molecule has 0 aliphatic carbocycles. The maximum atomic E-state index is 12.4. The summed E-state index contributed by atoms with van der Waals surface area (Å²) in [6.07, 6.45) is 3.53. The molecule has 0 aromatic rings. The molecule has 2 rings (SSSR count). The fourth-order valence-corrected chi connectivity index (χ4v) is 2.77. The maximum Gasteiger partial charge on any atom is 0.227 e. The Morgan fingerprint density at radius 2 is 2.29 bits per heavy atom. The van der Waals surface area contributed by atoms with Crippen molar-refractivity contribution in [3.05, 3.63) is 0 Å². The minimum atomic E-state index is 0.175. The molecule has 2 heterocycles. The van der Waals surface area contributed by atoms with Crippen LogP contribution in [0.4, 0.5) is 0 Å². The van der Waals surface area contributed by atoms with Crippen molar-refractivity contribution in [1.82, 2.24) is 10.2 Å². The van der Waals surface area contributed by atoms with Crippen LogP contribution in [0, 0.1) is 5.92 Å². The van der Waals surface area contributed by atoms with Crippen molar-refractivity contribution in [3.8, 4) is 0 Å². The molecule has 3 unspecified atom stereocenters. The van der Waals surface area contributed by atoms with Crippen LogP contribution in [0.3, 0.4) is 0 Å². The number of nitrogens with one attached hydrogen (secondary N) is 1. The lowest BCUT2D eigenvalue weighted by Gasteiger charge is -2.38. The summed E-state index contributed by atoms with van der Waals surface area (Å²) in [6, 6.07) is 0. The van der Waals surface area contributed by atoms with E-state index in [1.54, 1.807) is 0 Å². The Morgan fingerprint density at radius 3 is 2.94 bits per heavy atom. The van der Waals surface area contributed by atoms with Gasteiger partial charge in [-0.05, 0) is 32.7 Å². The van der Waals surface area contributed by atoms with Gasteiger partial charge in [-0.25, -0.2) is 0 Å². The van der Waals surface area contributed by atoms with Gasteiger partial charge in [0, 0.05) is 19.6 Å². The van der Waals surface area contributed by atoms with Crippen LogP contribution in [0.25, 0.3) is 0 Å². The third kappa shape index (κ3) is 3.19. The summed E-state index contributed by atoms with van der Waals surface area (Å²) >= 11 is 0. The number of hydrogen-bond donors (Lipinski definition) is 1. The van der Waals surface area contributed by atoms with E-state index in [1.165, 1.54) is 0 Å². The van der Waals surface area contributed by atoms with Gasteiger partial charge < -0.3 is 15.0 Å². The van der Waals surface area contributed by atoms with Gasteiger partial charge in [0.2, 0.25) is 5.91 Å². The highest BCUT2D eigenvalue weighted by atomic mass is 16.5. The van der Waals surface area contributed by atoms with Gasteiger partial charge in [0.15, 0.2) is 0 Å². The van der Waals surface area contributed by atoms with Gasteiger partial charge in [-0.15, -0.1) is 0 Å². The highest BCUT2D eigenvalue weighted by molar-refractivity contribution is 5.79. The lowest BCUT2D eigenvalue weighted by Crippen LogP contribution is -2.52. The first-order chi connectivity index (χ1) is 8.20. The van der Waals surface area contributed by atoms with E-state index in [2.05, 4.69) is 19.2 Å². The van der Waals surface area contributed by atoms with E-state index >= 15 is 0 Å². The average Bonchev–Trinajstić information content (AvgIpc) is 2.38. The van der Waals surface area contributed by atoms with Gasteiger partial charge >= 0.3 is 0 Å². The highest BCUT2D eigenvalue weighted by Crippen LogP contribution is 2.19. The molecule has 2 fully saturated rings. The molecular formula is C13H24N2O2. The van der Waals surface area contributed by atoms with Crippen molar-refractivity contribution in [3.63, 3.8) is 0 Å². The molecule has 2 aliphatic heterocycles. The fourth-order valence-electron chi connectivity index (χ4n) is 2.77. The zero-order valence-electron chi connectivity index (χ0n) is 10.9. The zero-order valence-corrected chi connectivity index (χ0v) is 10.9. The molecule has 2 saturated heterocycles. The number of hydrogen-bond acceptors (Lipinski definition) is 3. The van der Waals surface area contributed by atoms with Crippen molar-refractivity contribution in [2.24, 2.45) is 5.92 Å².